The Kier molecular flexibility index (Phi) is 2.93. The number of hydrogen-bond acceptors (Lipinski definition) is 3. The van der Waals surface area contributed by atoms with Gasteiger partial charge >= 0.3 is 0 Å². The number of halogens is 1. The van der Waals surface area contributed by atoms with Crippen LogP contribution in [0, 0.1) is 15.9 Å². The number of rotatable bonds is 3. The normalized spacial score (nSPS) is 12.1. The average molecular weight is 196 g/mol. The predicted octanol–water partition coefficient (Wildman–Crippen LogP) is 1.92. The van der Waals surface area contributed by atoms with E-state index in [1.54, 1.807) is 0 Å². The molecule has 0 radical (unpaired) electrons. The van der Waals surface area contributed by atoms with E-state index in [9.17, 15) is 14.5 Å². The van der Waals surface area contributed by atoms with Gasteiger partial charge in [0.25, 0.3) is 5.69 Å². The van der Waals surface area contributed by atoms with Crippen LogP contribution in [0.15, 0.2) is 30.9 Å². The van der Waals surface area contributed by atoms with Gasteiger partial charge in [-0.05, 0) is 12.1 Å². The average Bonchev–Trinajstić information content (AvgIpc) is 2.16. The lowest BCUT2D eigenvalue weighted by atomic mass is 10.1. The van der Waals surface area contributed by atoms with E-state index in [0.717, 1.165) is 12.1 Å². The fraction of sp³-hybridized carbons (Fsp3) is 0.111. The van der Waals surface area contributed by atoms with E-state index >= 15 is 0 Å². The minimum atomic E-state index is -0.665. The summed E-state index contributed by atoms with van der Waals surface area (Å²) in [7, 11) is 0. The molecule has 1 rings (SSSR count). The summed E-state index contributed by atoms with van der Waals surface area (Å²) in [4.78, 5) is 9.88. The Morgan fingerprint density at radius 3 is 2.79 bits per heavy atom. The lowest BCUT2D eigenvalue weighted by molar-refractivity contribution is -0.385. The number of nitro groups is 1. The molecule has 74 valence electrons. The van der Waals surface area contributed by atoms with Crippen molar-refractivity contribution < 1.29 is 9.31 Å². The van der Waals surface area contributed by atoms with E-state index in [-0.39, 0.29) is 11.3 Å². The molecule has 5 heteroatoms. The van der Waals surface area contributed by atoms with E-state index in [0.29, 0.717) is 0 Å². The highest BCUT2D eigenvalue weighted by molar-refractivity contribution is 5.43. The van der Waals surface area contributed by atoms with Gasteiger partial charge in [-0.25, -0.2) is 4.39 Å². The van der Waals surface area contributed by atoms with Crippen molar-refractivity contribution in [2.45, 2.75) is 6.04 Å². The summed E-state index contributed by atoms with van der Waals surface area (Å²) < 4.78 is 12.7. The van der Waals surface area contributed by atoms with Crippen molar-refractivity contribution in [2.24, 2.45) is 5.73 Å². The van der Waals surface area contributed by atoms with Crippen LogP contribution in [-0.4, -0.2) is 4.92 Å². The summed E-state index contributed by atoms with van der Waals surface area (Å²) >= 11 is 0. The highest BCUT2D eigenvalue weighted by atomic mass is 19.1. The number of nitro benzene ring substituents is 1. The van der Waals surface area contributed by atoms with E-state index < -0.39 is 16.8 Å². The van der Waals surface area contributed by atoms with Crippen molar-refractivity contribution >= 4 is 5.69 Å². The van der Waals surface area contributed by atoms with E-state index in [1.165, 1.54) is 12.1 Å². The van der Waals surface area contributed by atoms with Crippen LogP contribution < -0.4 is 5.73 Å². The summed E-state index contributed by atoms with van der Waals surface area (Å²) in [5, 5.41) is 10.5. The maximum Gasteiger partial charge on any atom is 0.277 e. The largest absolute Gasteiger partial charge is 0.321 e. The molecule has 0 saturated heterocycles. The van der Waals surface area contributed by atoms with E-state index in [2.05, 4.69) is 6.58 Å². The molecule has 0 spiro atoms. The predicted molar refractivity (Wildman–Crippen MR) is 50.2 cm³/mol. The van der Waals surface area contributed by atoms with Crippen molar-refractivity contribution in [3.8, 4) is 0 Å². The number of benzene rings is 1. The monoisotopic (exact) mass is 196 g/mol. The summed E-state index contributed by atoms with van der Waals surface area (Å²) in [5.74, 6) is -0.656. The van der Waals surface area contributed by atoms with E-state index in [4.69, 9.17) is 5.73 Å². The van der Waals surface area contributed by atoms with Crippen LogP contribution in [0.25, 0.3) is 0 Å². The Hall–Kier alpha value is -1.75. The molecule has 0 amide bonds. The first-order chi connectivity index (χ1) is 6.56. The van der Waals surface area contributed by atoms with Crippen LogP contribution in [0.5, 0.6) is 0 Å². The van der Waals surface area contributed by atoms with Gasteiger partial charge in [-0.2, -0.15) is 0 Å². The third-order valence-corrected chi connectivity index (χ3v) is 1.80. The van der Waals surface area contributed by atoms with Crippen LogP contribution in [0.4, 0.5) is 10.1 Å². The molecule has 0 saturated carbocycles. The molecular weight excluding hydrogens is 187 g/mol. The standard InChI is InChI=1S/C9H9FN2O2/c1-2-8(11)7-4-3-6(10)5-9(7)12(13)14/h2-5,8H,1,11H2. The maximum absolute atomic E-state index is 12.7. The van der Waals surface area contributed by atoms with Crippen LogP contribution in [0.2, 0.25) is 0 Å². The van der Waals surface area contributed by atoms with Gasteiger partial charge in [0.15, 0.2) is 0 Å². The third-order valence-electron chi connectivity index (χ3n) is 1.80. The Labute approximate surface area is 80.0 Å². The van der Waals surface area contributed by atoms with Gasteiger partial charge in [0, 0.05) is 0 Å². The van der Waals surface area contributed by atoms with Crippen molar-refractivity contribution in [1.82, 2.24) is 0 Å². The van der Waals surface area contributed by atoms with Crippen molar-refractivity contribution in [1.29, 1.82) is 0 Å². The molecule has 0 fully saturated rings. The molecule has 0 bridgehead atoms. The van der Waals surface area contributed by atoms with Gasteiger partial charge in [0.2, 0.25) is 0 Å². The second-order valence-electron chi connectivity index (χ2n) is 2.72. The van der Waals surface area contributed by atoms with Gasteiger partial charge in [-0.1, -0.05) is 6.08 Å². The quantitative estimate of drug-likeness (QED) is 0.456. The Morgan fingerprint density at radius 1 is 1.64 bits per heavy atom. The fourth-order valence-corrected chi connectivity index (χ4v) is 1.08. The first-order valence-electron chi connectivity index (χ1n) is 3.88. The highest BCUT2D eigenvalue weighted by Gasteiger charge is 2.17. The second-order valence-corrected chi connectivity index (χ2v) is 2.72. The molecule has 2 N–H and O–H groups in total. The smallest absolute Gasteiger partial charge is 0.277 e. The zero-order valence-corrected chi connectivity index (χ0v) is 7.31. The molecule has 0 aliphatic rings. The molecule has 0 heterocycles. The topological polar surface area (TPSA) is 69.2 Å². The minimum absolute atomic E-state index is 0.256. The number of nitrogens with two attached hydrogens (primary N) is 1. The lowest BCUT2D eigenvalue weighted by Gasteiger charge is -2.06. The highest BCUT2D eigenvalue weighted by Crippen LogP contribution is 2.24. The van der Waals surface area contributed by atoms with Crippen LogP contribution in [-0.2, 0) is 0 Å². The number of nitrogens with zero attached hydrogens (tertiary/aromatic N) is 1. The molecule has 4 nitrogen and oxygen atoms in total. The van der Waals surface area contributed by atoms with Crippen LogP contribution in [0.3, 0.4) is 0 Å². The molecule has 1 unspecified atom stereocenters. The van der Waals surface area contributed by atoms with Gasteiger partial charge in [0.1, 0.15) is 5.82 Å². The second kappa shape index (κ2) is 3.97. The Morgan fingerprint density at radius 2 is 2.29 bits per heavy atom. The molecule has 1 aromatic rings. The van der Waals surface area contributed by atoms with E-state index in [1.807, 2.05) is 0 Å². The minimum Gasteiger partial charge on any atom is -0.321 e. The summed E-state index contributed by atoms with van der Waals surface area (Å²) in [6.45, 7) is 3.42. The molecule has 14 heavy (non-hydrogen) atoms. The van der Waals surface area contributed by atoms with Crippen molar-refractivity contribution in [3.63, 3.8) is 0 Å². The SMILES string of the molecule is C=CC(N)c1ccc(F)cc1[N+](=O)[O-]. The maximum atomic E-state index is 12.7. The molecular formula is C9H9FN2O2. The molecule has 0 aliphatic heterocycles. The zero-order chi connectivity index (χ0) is 10.7. The molecule has 0 aliphatic carbocycles. The molecule has 0 aromatic heterocycles. The molecule has 1 atom stereocenters. The lowest BCUT2D eigenvalue weighted by Crippen LogP contribution is -2.09. The summed E-state index contributed by atoms with van der Waals surface area (Å²) in [5.41, 5.74) is 5.47. The van der Waals surface area contributed by atoms with Crippen LogP contribution in [0.1, 0.15) is 11.6 Å². The van der Waals surface area contributed by atoms with Gasteiger partial charge in [-0.3, -0.25) is 10.1 Å². The van der Waals surface area contributed by atoms with Crippen LogP contribution >= 0.6 is 0 Å². The van der Waals surface area contributed by atoms with Gasteiger partial charge in [0.05, 0.1) is 22.6 Å². The van der Waals surface area contributed by atoms with Crippen molar-refractivity contribution in [2.75, 3.05) is 0 Å². The zero-order valence-electron chi connectivity index (χ0n) is 7.31. The first kappa shape index (κ1) is 10.3. The fourth-order valence-electron chi connectivity index (χ4n) is 1.08. The summed E-state index contributed by atoms with van der Waals surface area (Å²) in [6.07, 6.45) is 1.36. The Bertz CT molecular complexity index is 379. The Balaban J connectivity index is 3.28. The van der Waals surface area contributed by atoms with Gasteiger partial charge in [-0.15, -0.1) is 6.58 Å². The molecule has 1 aromatic carbocycles. The third kappa shape index (κ3) is 1.94. The van der Waals surface area contributed by atoms with Crippen molar-refractivity contribution in [3.05, 3.63) is 52.3 Å². The first-order valence-corrected chi connectivity index (χ1v) is 3.88. The summed E-state index contributed by atoms with van der Waals surface area (Å²) in [6, 6.07) is 2.61. The number of hydrogen-bond donors (Lipinski definition) is 1. The van der Waals surface area contributed by atoms with Gasteiger partial charge < -0.3 is 5.73 Å².